The molecular weight excluding hydrogens is 266 g/mol. The Morgan fingerprint density at radius 1 is 1.38 bits per heavy atom. The number of carbonyl (C=O) groups is 1. The average Bonchev–Trinajstić information content (AvgIpc) is 3.13. The lowest BCUT2D eigenvalue weighted by atomic mass is 10.2. The molecule has 6 nitrogen and oxygen atoms in total. The van der Waals surface area contributed by atoms with Gasteiger partial charge in [0.25, 0.3) is 5.91 Å². The molecule has 0 aliphatic heterocycles. The molecule has 108 valence electrons. The van der Waals surface area contributed by atoms with Gasteiger partial charge in [0, 0.05) is 30.9 Å². The number of anilines is 1. The maximum atomic E-state index is 12.1. The minimum absolute atomic E-state index is 0.119. The van der Waals surface area contributed by atoms with Crippen LogP contribution in [-0.2, 0) is 6.54 Å². The normalized spacial score (nSPS) is 10.9. The Labute approximate surface area is 121 Å². The summed E-state index contributed by atoms with van der Waals surface area (Å²) in [7, 11) is 0. The van der Waals surface area contributed by atoms with Crippen LogP contribution in [0.2, 0.25) is 0 Å². The Kier molecular flexibility index (Phi) is 3.59. The fraction of sp³-hybridized carbons (Fsp3) is 0.200. The molecule has 6 heteroatoms. The Bertz CT molecular complexity index is 745. The lowest BCUT2D eigenvalue weighted by molar-refractivity contribution is 0.0948. The van der Waals surface area contributed by atoms with Gasteiger partial charge < -0.3 is 16.0 Å². The molecule has 0 unspecified atom stereocenters. The number of nitrogen functional groups attached to an aromatic ring is 1. The summed E-state index contributed by atoms with van der Waals surface area (Å²) in [5.74, 6) is -0.119. The van der Waals surface area contributed by atoms with Crippen molar-refractivity contribution in [3.8, 4) is 0 Å². The minimum Gasteiger partial charge on any atom is -0.397 e. The fourth-order valence-corrected chi connectivity index (χ4v) is 2.27. The highest BCUT2D eigenvalue weighted by Gasteiger charge is 2.09. The van der Waals surface area contributed by atoms with E-state index in [9.17, 15) is 4.79 Å². The van der Waals surface area contributed by atoms with Crippen molar-refractivity contribution < 1.29 is 4.79 Å². The summed E-state index contributed by atoms with van der Waals surface area (Å²) in [4.78, 5) is 15.1. The zero-order valence-electron chi connectivity index (χ0n) is 11.5. The maximum absolute atomic E-state index is 12.1. The van der Waals surface area contributed by atoms with Gasteiger partial charge in [-0.25, -0.2) is 0 Å². The zero-order valence-corrected chi connectivity index (χ0v) is 11.5. The van der Waals surface area contributed by atoms with Gasteiger partial charge in [0.2, 0.25) is 0 Å². The average molecular weight is 283 g/mol. The minimum atomic E-state index is -0.119. The second kappa shape index (κ2) is 5.70. The highest BCUT2D eigenvalue weighted by molar-refractivity contribution is 6.00. The summed E-state index contributed by atoms with van der Waals surface area (Å²) < 4.78 is 1.84. The molecule has 0 saturated heterocycles. The molecule has 3 rings (SSSR count). The molecule has 2 heterocycles. The topological polar surface area (TPSA) is 88.7 Å². The van der Waals surface area contributed by atoms with Gasteiger partial charge in [0.05, 0.1) is 11.2 Å². The SMILES string of the molecule is Nc1cccc2cc(C(=O)NCCCn3cccn3)[nH]c12. The van der Waals surface area contributed by atoms with E-state index in [1.807, 2.05) is 41.2 Å². The first kappa shape index (κ1) is 13.2. The van der Waals surface area contributed by atoms with Crippen molar-refractivity contribution in [2.45, 2.75) is 13.0 Å². The Hall–Kier alpha value is -2.76. The smallest absolute Gasteiger partial charge is 0.267 e. The number of rotatable bonds is 5. The summed E-state index contributed by atoms with van der Waals surface area (Å²) in [5, 5.41) is 7.94. The first-order valence-electron chi connectivity index (χ1n) is 6.87. The number of hydrogen-bond acceptors (Lipinski definition) is 3. The van der Waals surface area contributed by atoms with E-state index in [1.165, 1.54) is 0 Å². The Morgan fingerprint density at radius 3 is 3.05 bits per heavy atom. The quantitative estimate of drug-likeness (QED) is 0.492. The molecule has 0 bridgehead atoms. The first-order chi connectivity index (χ1) is 10.2. The number of nitrogens with two attached hydrogens (primary N) is 1. The third kappa shape index (κ3) is 2.89. The van der Waals surface area contributed by atoms with E-state index in [1.54, 1.807) is 6.20 Å². The molecule has 0 saturated carbocycles. The van der Waals surface area contributed by atoms with Crippen LogP contribution in [-0.4, -0.2) is 27.2 Å². The van der Waals surface area contributed by atoms with E-state index in [2.05, 4.69) is 15.4 Å². The molecule has 0 aliphatic carbocycles. The van der Waals surface area contributed by atoms with Crippen LogP contribution in [0.25, 0.3) is 10.9 Å². The van der Waals surface area contributed by atoms with Crippen molar-refractivity contribution in [3.05, 3.63) is 48.4 Å². The van der Waals surface area contributed by atoms with Gasteiger partial charge in [-0.05, 0) is 24.6 Å². The molecule has 0 atom stereocenters. The molecule has 1 amide bonds. The monoisotopic (exact) mass is 283 g/mol. The van der Waals surface area contributed by atoms with Crippen molar-refractivity contribution in [2.24, 2.45) is 0 Å². The molecule has 0 aliphatic rings. The Balaban J connectivity index is 1.58. The van der Waals surface area contributed by atoms with Crippen LogP contribution < -0.4 is 11.1 Å². The maximum Gasteiger partial charge on any atom is 0.267 e. The molecular formula is C15H17N5O. The Morgan fingerprint density at radius 2 is 2.29 bits per heavy atom. The lowest BCUT2D eigenvalue weighted by Gasteiger charge is -2.04. The predicted molar refractivity (Wildman–Crippen MR) is 81.9 cm³/mol. The van der Waals surface area contributed by atoms with Gasteiger partial charge in [-0.15, -0.1) is 0 Å². The molecule has 0 spiro atoms. The van der Waals surface area contributed by atoms with E-state index in [0.29, 0.717) is 17.9 Å². The number of aryl methyl sites for hydroxylation is 1. The number of carbonyl (C=O) groups excluding carboxylic acids is 1. The van der Waals surface area contributed by atoms with Crippen LogP contribution in [0.3, 0.4) is 0 Å². The second-order valence-corrected chi connectivity index (χ2v) is 4.87. The number of nitrogens with one attached hydrogen (secondary N) is 2. The van der Waals surface area contributed by atoms with Crippen LogP contribution in [0.5, 0.6) is 0 Å². The molecule has 2 aromatic heterocycles. The molecule has 21 heavy (non-hydrogen) atoms. The largest absolute Gasteiger partial charge is 0.397 e. The number of H-pyrrole nitrogens is 1. The van der Waals surface area contributed by atoms with E-state index < -0.39 is 0 Å². The second-order valence-electron chi connectivity index (χ2n) is 4.87. The van der Waals surface area contributed by atoms with Crippen molar-refractivity contribution in [2.75, 3.05) is 12.3 Å². The summed E-state index contributed by atoms with van der Waals surface area (Å²) >= 11 is 0. The van der Waals surface area contributed by atoms with Crippen LogP contribution in [0, 0.1) is 0 Å². The zero-order chi connectivity index (χ0) is 14.7. The van der Waals surface area contributed by atoms with Gasteiger partial charge in [0.1, 0.15) is 5.69 Å². The number of aromatic nitrogens is 3. The fourth-order valence-electron chi connectivity index (χ4n) is 2.27. The van der Waals surface area contributed by atoms with E-state index in [0.717, 1.165) is 23.9 Å². The summed E-state index contributed by atoms with van der Waals surface area (Å²) in [6, 6.07) is 9.31. The number of benzene rings is 1. The van der Waals surface area contributed by atoms with Gasteiger partial charge in [-0.1, -0.05) is 12.1 Å². The van der Waals surface area contributed by atoms with Crippen molar-refractivity contribution in [1.82, 2.24) is 20.1 Å². The van der Waals surface area contributed by atoms with Gasteiger partial charge in [0.15, 0.2) is 0 Å². The van der Waals surface area contributed by atoms with Gasteiger partial charge in [-0.2, -0.15) is 5.10 Å². The summed E-state index contributed by atoms with van der Waals surface area (Å²) in [5.41, 5.74) is 7.85. The number of fused-ring (bicyclic) bond motifs is 1. The predicted octanol–water partition coefficient (Wildman–Crippen LogP) is 1.77. The number of nitrogens with zero attached hydrogens (tertiary/aromatic N) is 2. The van der Waals surface area contributed by atoms with Crippen molar-refractivity contribution in [1.29, 1.82) is 0 Å². The van der Waals surface area contributed by atoms with Crippen LogP contribution in [0.4, 0.5) is 5.69 Å². The third-order valence-electron chi connectivity index (χ3n) is 3.34. The number of aromatic amines is 1. The van der Waals surface area contributed by atoms with Crippen LogP contribution in [0.1, 0.15) is 16.9 Å². The molecule has 4 N–H and O–H groups in total. The van der Waals surface area contributed by atoms with Crippen LogP contribution in [0.15, 0.2) is 42.7 Å². The number of amides is 1. The first-order valence-corrected chi connectivity index (χ1v) is 6.87. The highest BCUT2D eigenvalue weighted by Crippen LogP contribution is 2.20. The van der Waals surface area contributed by atoms with Crippen molar-refractivity contribution in [3.63, 3.8) is 0 Å². The van der Waals surface area contributed by atoms with E-state index in [4.69, 9.17) is 5.73 Å². The molecule has 3 aromatic rings. The number of para-hydroxylation sites is 1. The van der Waals surface area contributed by atoms with E-state index >= 15 is 0 Å². The van der Waals surface area contributed by atoms with E-state index in [-0.39, 0.29) is 5.91 Å². The molecule has 1 aromatic carbocycles. The number of hydrogen-bond donors (Lipinski definition) is 3. The highest BCUT2D eigenvalue weighted by atomic mass is 16.1. The summed E-state index contributed by atoms with van der Waals surface area (Å²) in [6.07, 6.45) is 4.48. The molecule has 0 fully saturated rings. The van der Waals surface area contributed by atoms with Gasteiger partial charge >= 0.3 is 0 Å². The molecule has 0 radical (unpaired) electrons. The third-order valence-corrected chi connectivity index (χ3v) is 3.34. The van der Waals surface area contributed by atoms with Crippen LogP contribution >= 0.6 is 0 Å². The van der Waals surface area contributed by atoms with Crippen molar-refractivity contribution >= 4 is 22.5 Å². The summed E-state index contributed by atoms with van der Waals surface area (Å²) in [6.45, 7) is 1.39. The lowest BCUT2D eigenvalue weighted by Crippen LogP contribution is -2.25. The standard InChI is InChI=1S/C15H17N5O/c16-12-5-1-4-11-10-13(19-14(11)12)15(21)17-6-2-8-20-9-3-7-18-20/h1,3-5,7,9-10,19H,2,6,8,16H2,(H,17,21). The van der Waals surface area contributed by atoms with Gasteiger partial charge in [-0.3, -0.25) is 9.48 Å².